The van der Waals surface area contributed by atoms with Crippen LogP contribution in [0.4, 0.5) is 5.69 Å². The molecular formula is C20H21N5O3S2. The number of thioether (sulfide) groups is 1. The second kappa shape index (κ2) is 8.19. The molecule has 156 valence electrons. The lowest BCUT2D eigenvalue weighted by Gasteiger charge is -2.13. The molecule has 1 aromatic carbocycles. The summed E-state index contributed by atoms with van der Waals surface area (Å²) in [6, 6.07) is 10.6. The molecule has 0 unspecified atom stereocenters. The van der Waals surface area contributed by atoms with E-state index in [9.17, 15) is 13.2 Å². The molecule has 0 saturated heterocycles. The molecule has 1 atom stereocenters. The topological polar surface area (TPSA) is 107 Å². The molecule has 10 heteroatoms. The molecule has 0 amide bonds. The molecule has 4 rings (SSSR count). The van der Waals surface area contributed by atoms with Crippen molar-refractivity contribution in [2.24, 2.45) is 0 Å². The number of pyridine rings is 1. The minimum atomic E-state index is -3.36. The van der Waals surface area contributed by atoms with E-state index in [1.54, 1.807) is 36.7 Å². The lowest BCUT2D eigenvalue weighted by Crippen LogP contribution is -2.15. The van der Waals surface area contributed by atoms with Crippen molar-refractivity contribution in [3.8, 4) is 11.4 Å². The average molecular weight is 444 g/mol. The minimum Gasteiger partial charge on any atom is -0.299 e. The third-order valence-electron chi connectivity index (χ3n) is 4.64. The summed E-state index contributed by atoms with van der Waals surface area (Å²) in [4.78, 5) is 16.9. The second-order valence-electron chi connectivity index (χ2n) is 7.22. The highest BCUT2D eigenvalue weighted by Gasteiger charge is 2.31. The highest BCUT2D eigenvalue weighted by Crippen LogP contribution is 2.41. The smallest absolute Gasteiger partial charge is 0.229 e. The predicted molar refractivity (Wildman–Crippen MR) is 116 cm³/mol. The van der Waals surface area contributed by atoms with Crippen molar-refractivity contribution >= 4 is 33.3 Å². The van der Waals surface area contributed by atoms with Crippen molar-refractivity contribution < 1.29 is 13.2 Å². The molecule has 2 aromatic heterocycles. The van der Waals surface area contributed by atoms with Gasteiger partial charge in [-0.2, -0.15) is 0 Å². The van der Waals surface area contributed by atoms with E-state index in [1.807, 2.05) is 19.1 Å². The number of rotatable bonds is 8. The van der Waals surface area contributed by atoms with Gasteiger partial charge in [0.05, 0.1) is 11.5 Å². The number of hydrogen-bond donors (Lipinski definition) is 1. The first-order chi connectivity index (χ1) is 14.3. The molecule has 1 saturated carbocycles. The number of nitrogens with zero attached hydrogens (tertiary/aromatic N) is 4. The van der Waals surface area contributed by atoms with Gasteiger partial charge in [-0.3, -0.25) is 19.1 Å². The highest BCUT2D eigenvalue weighted by molar-refractivity contribution is 8.00. The van der Waals surface area contributed by atoms with E-state index < -0.39 is 10.0 Å². The summed E-state index contributed by atoms with van der Waals surface area (Å²) in [6.07, 6.45) is 6.67. The van der Waals surface area contributed by atoms with E-state index in [4.69, 9.17) is 0 Å². The van der Waals surface area contributed by atoms with Crippen LogP contribution in [0.15, 0.2) is 53.9 Å². The zero-order chi connectivity index (χ0) is 21.3. The standard InChI is InChI=1S/C20H21N5O3S2/c1-13(18(26)14-3-5-16(6-4-14)24-30(2,27)28)29-20-23-22-19(25(20)17-7-8-17)15-9-11-21-12-10-15/h3-6,9-13,17,24H,7-8H2,1-2H3/t13-/m0/s1. The van der Waals surface area contributed by atoms with Gasteiger partial charge in [-0.1, -0.05) is 11.8 Å². The summed E-state index contributed by atoms with van der Waals surface area (Å²) >= 11 is 1.38. The summed E-state index contributed by atoms with van der Waals surface area (Å²) in [5.41, 5.74) is 1.88. The number of carbonyl (C=O) groups excluding carboxylic acids is 1. The summed E-state index contributed by atoms with van der Waals surface area (Å²) in [7, 11) is -3.36. The van der Waals surface area contributed by atoms with Gasteiger partial charge >= 0.3 is 0 Å². The van der Waals surface area contributed by atoms with E-state index in [1.165, 1.54) is 11.8 Å². The number of Topliss-reactive ketones (excluding diaryl/α,β-unsaturated/α-hetero) is 1. The number of hydrogen-bond acceptors (Lipinski definition) is 7. The van der Waals surface area contributed by atoms with Crippen molar-refractivity contribution in [1.82, 2.24) is 19.7 Å². The Balaban J connectivity index is 1.52. The lowest BCUT2D eigenvalue weighted by atomic mass is 10.1. The Labute approximate surface area is 179 Å². The maximum absolute atomic E-state index is 12.9. The third-order valence-corrected chi connectivity index (χ3v) is 6.30. The van der Waals surface area contributed by atoms with Gasteiger partial charge in [0.1, 0.15) is 0 Å². The molecule has 0 bridgehead atoms. The summed E-state index contributed by atoms with van der Waals surface area (Å²) < 4.78 is 27.2. The van der Waals surface area contributed by atoms with Gasteiger partial charge < -0.3 is 0 Å². The largest absolute Gasteiger partial charge is 0.299 e. The van der Waals surface area contributed by atoms with Crippen LogP contribution < -0.4 is 4.72 Å². The van der Waals surface area contributed by atoms with Crippen molar-refractivity contribution in [2.75, 3.05) is 11.0 Å². The molecule has 1 aliphatic carbocycles. The zero-order valence-corrected chi connectivity index (χ0v) is 18.2. The van der Waals surface area contributed by atoms with Crippen LogP contribution >= 0.6 is 11.8 Å². The van der Waals surface area contributed by atoms with E-state index >= 15 is 0 Å². The van der Waals surface area contributed by atoms with Crippen LogP contribution in [0.1, 0.15) is 36.2 Å². The highest BCUT2D eigenvalue weighted by atomic mass is 32.2. The van der Waals surface area contributed by atoms with Crippen molar-refractivity contribution in [1.29, 1.82) is 0 Å². The minimum absolute atomic E-state index is 0.0540. The van der Waals surface area contributed by atoms with Crippen LogP contribution in [0, 0.1) is 0 Å². The Hall–Kier alpha value is -2.72. The Bertz CT molecular complexity index is 1160. The number of aromatic nitrogens is 4. The first kappa shape index (κ1) is 20.5. The average Bonchev–Trinajstić information content (AvgIpc) is 3.47. The number of benzene rings is 1. The molecule has 2 heterocycles. The van der Waals surface area contributed by atoms with Crippen molar-refractivity contribution in [3.63, 3.8) is 0 Å². The van der Waals surface area contributed by atoms with E-state index in [0.717, 1.165) is 35.6 Å². The fourth-order valence-corrected chi connectivity index (χ4v) is 4.64. The maximum Gasteiger partial charge on any atom is 0.229 e. The summed E-state index contributed by atoms with van der Waals surface area (Å²) in [5, 5.41) is 9.07. The van der Waals surface area contributed by atoms with Crippen LogP contribution in [-0.4, -0.2) is 45.5 Å². The Morgan fingerprint density at radius 3 is 2.40 bits per heavy atom. The normalized spacial score (nSPS) is 15.0. The van der Waals surface area contributed by atoms with Gasteiger partial charge in [0.25, 0.3) is 0 Å². The molecule has 0 spiro atoms. The molecule has 0 radical (unpaired) electrons. The molecular weight excluding hydrogens is 422 g/mol. The van der Waals surface area contributed by atoms with Crippen molar-refractivity contribution in [3.05, 3.63) is 54.4 Å². The van der Waals surface area contributed by atoms with Crippen LogP contribution in [0.25, 0.3) is 11.4 Å². The van der Waals surface area contributed by atoms with E-state index in [0.29, 0.717) is 17.3 Å². The molecule has 3 aromatic rings. The van der Waals surface area contributed by atoms with E-state index in [-0.39, 0.29) is 11.0 Å². The van der Waals surface area contributed by atoms with Gasteiger partial charge in [-0.05, 0) is 56.2 Å². The molecule has 30 heavy (non-hydrogen) atoms. The molecule has 8 nitrogen and oxygen atoms in total. The SMILES string of the molecule is C[C@H](Sc1nnc(-c2ccncc2)n1C1CC1)C(=O)c1ccc(NS(C)(=O)=O)cc1. The second-order valence-corrected chi connectivity index (χ2v) is 10.3. The number of sulfonamides is 1. The third kappa shape index (κ3) is 4.71. The van der Waals surface area contributed by atoms with Gasteiger partial charge in [-0.25, -0.2) is 8.42 Å². The lowest BCUT2D eigenvalue weighted by molar-refractivity contribution is 0.0994. The fraction of sp³-hybridized carbons (Fsp3) is 0.300. The van der Waals surface area contributed by atoms with Crippen LogP contribution in [0.5, 0.6) is 0 Å². The summed E-state index contributed by atoms with van der Waals surface area (Å²) in [5.74, 6) is 0.736. The van der Waals surface area contributed by atoms with Gasteiger partial charge in [0.2, 0.25) is 10.0 Å². The zero-order valence-electron chi connectivity index (χ0n) is 16.5. The number of carbonyl (C=O) groups is 1. The van der Waals surface area contributed by atoms with Crippen LogP contribution in [0.2, 0.25) is 0 Å². The maximum atomic E-state index is 12.9. The molecule has 0 aliphatic heterocycles. The number of nitrogens with one attached hydrogen (secondary N) is 1. The summed E-state index contributed by atoms with van der Waals surface area (Å²) in [6.45, 7) is 1.84. The van der Waals surface area contributed by atoms with E-state index in [2.05, 4.69) is 24.5 Å². The molecule has 1 aliphatic rings. The Kier molecular flexibility index (Phi) is 5.61. The first-order valence-corrected chi connectivity index (χ1v) is 12.2. The monoisotopic (exact) mass is 443 g/mol. The van der Waals surface area contributed by atoms with Gasteiger partial charge in [0.15, 0.2) is 16.8 Å². The molecule has 1 fully saturated rings. The molecule has 1 N–H and O–H groups in total. The van der Waals surface area contributed by atoms with Crippen LogP contribution in [-0.2, 0) is 10.0 Å². The first-order valence-electron chi connectivity index (χ1n) is 9.46. The Morgan fingerprint density at radius 2 is 1.80 bits per heavy atom. The number of ketones is 1. The van der Waals surface area contributed by atoms with Gasteiger partial charge in [0, 0.05) is 35.2 Å². The quantitative estimate of drug-likeness (QED) is 0.420. The van der Waals surface area contributed by atoms with Gasteiger partial charge in [-0.15, -0.1) is 10.2 Å². The fourth-order valence-electron chi connectivity index (χ4n) is 3.08. The van der Waals surface area contributed by atoms with Crippen molar-refractivity contribution in [2.45, 2.75) is 36.2 Å². The Morgan fingerprint density at radius 1 is 1.13 bits per heavy atom. The number of anilines is 1. The predicted octanol–water partition coefficient (Wildman–Crippen LogP) is 3.41. The van der Waals surface area contributed by atoms with Crippen LogP contribution in [0.3, 0.4) is 0 Å².